The molecule has 5 nitrogen and oxygen atoms in total. The molecule has 2 N–H and O–H groups in total. The van der Waals surface area contributed by atoms with E-state index in [1.165, 1.54) is 0 Å². The Bertz CT molecular complexity index is 680. The summed E-state index contributed by atoms with van der Waals surface area (Å²) in [5.41, 5.74) is 2.51. The number of carbonyl (C=O) groups is 1. The van der Waals surface area contributed by atoms with Gasteiger partial charge in [0.2, 0.25) is 5.91 Å². The Morgan fingerprint density at radius 1 is 1.50 bits per heavy atom. The number of hydrogen-bond acceptors (Lipinski definition) is 3. The summed E-state index contributed by atoms with van der Waals surface area (Å²) in [5.74, 6) is 0.803. The number of amides is 1. The van der Waals surface area contributed by atoms with E-state index in [9.17, 15) is 4.79 Å². The maximum atomic E-state index is 12.0. The maximum absolute atomic E-state index is 12.0. The molecule has 1 aromatic heterocycles. The number of imidazole rings is 1. The Balaban J connectivity index is 2.09. The monoisotopic (exact) mass is 290 g/mol. The van der Waals surface area contributed by atoms with Gasteiger partial charge in [0.15, 0.2) is 0 Å². The van der Waals surface area contributed by atoms with Gasteiger partial charge in [0.25, 0.3) is 0 Å². The second-order valence-electron chi connectivity index (χ2n) is 4.72. The van der Waals surface area contributed by atoms with E-state index in [1.54, 1.807) is 6.20 Å². The van der Waals surface area contributed by atoms with Crippen LogP contribution in [-0.4, -0.2) is 22.0 Å². The van der Waals surface area contributed by atoms with Crippen LogP contribution in [0.2, 0.25) is 5.02 Å². The summed E-state index contributed by atoms with van der Waals surface area (Å²) in [7, 11) is 0. The van der Waals surface area contributed by atoms with E-state index >= 15 is 0 Å². The first-order chi connectivity index (χ1) is 9.61. The number of carbonyl (C=O) groups excluding carboxylic acids is 1. The fourth-order valence-corrected chi connectivity index (χ4v) is 2.76. The minimum Gasteiger partial charge on any atom is -0.324 e. The third-order valence-electron chi connectivity index (χ3n) is 3.44. The van der Waals surface area contributed by atoms with Crippen LogP contribution in [0.4, 0.5) is 5.69 Å². The highest BCUT2D eigenvalue weighted by Crippen LogP contribution is 2.36. The van der Waals surface area contributed by atoms with Crippen molar-refractivity contribution in [3.63, 3.8) is 0 Å². The molecule has 1 aliphatic rings. The van der Waals surface area contributed by atoms with Crippen LogP contribution in [0, 0.1) is 6.92 Å². The average molecular weight is 291 g/mol. The van der Waals surface area contributed by atoms with Crippen molar-refractivity contribution in [2.24, 2.45) is 0 Å². The van der Waals surface area contributed by atoms with Crippen LogP contribution < -0.4 is 10.6 Å². The van der Waals surface area contributed by atoms with Crippen molar-refractivity contribution in [2.45, 2.75) is 19.9 Å². The number of aromatic nitrogens is 2. The van der Waals surface area contributed by atoms with Crippen LogP contribution in [0.25, 0.3) is 5.69 Å². The molecule has 0 bridgehead atoms. The first-order valence-electron chi connectivity index (χ1n) is 6.50. The molecule has 0 aliphatic carbocycles. The molecule has 6 heteroatoms. The van der Waals surface area contributed by atoms with Gasteiger partial charge in [0.05, 0.1) is 10.7 Å². The van der Waals surface area contributed by atoms with Crippen molar-refractivity contribution >= 4 is 23.2 Å². The van der Waals surface area contributed by atoms with Crippen LogP contribution in [0.3, 0.4) is 0 Å². The summed E-state index contributed by atoms with van der Waals surface area (Å²) in [6.45, 7) is 4.59. The normalized spacial score (nSPS) is 17.1. The van der Waals surface area contributed by atoms with E-state index in [0.29, 0.717) is 5.02 Å². The summed E-state index contributed by atoms with van der Waals surface area (Å²) in [5, 5.41) is 6.64. The predicted molar refractivity (Wildman–Crippen MR) is 78.4 cm³/mol. The highest BCUT2D eigenvalue weighted by atomic mass is 35.5. The lowest BCUT2D eigenvalue weighted by Gasteiger charge is -2.12. The van der Waals surface area contributed by atoms with Gasteiger partial charge >= 0.3 is 0 Å². The third kappa shape index (κ3) is 1.99. The number of anilines is 1. The molecule has 0 saturated carbocycles. The second kappa shape index (κ2) is 4.92. The average Bonchev–Trinajstić information content (AvgIpc) is 2.95. The van der Waals surface area contributed by atoms with Gasteiger partial charge < -0.3 is 15.2 Å². The fourth-order valence-electron chi connectivity index (χ4n) is 2.49. The number of aryl methyl sites for hydroxylation is 1. The van der Waals surface area contributed by atoms with Crippen molar-refractivity contribution in [1.29, 1.82) is 0 Å². The topological polar surface area (TPSA) is 59.0 Å². The molecule has 0 spiro atoms. The number of likely N-dealkylation sites (N-methyl/N-ethyl adjacent to an activating group) is 1. The van der Waals surface area contributed by atoms with Crippen molar-refractivity contribution in [3.8, 4) is 5.69 Å². The molecule has 0 fully saturated rings. The SMILES string of the molecule is CCNC1C(=O)Nc2cc(-n3ccnc3C)c(Cl)cc21. The zero-order valence-electron chi connectivity index (χ0n) is 11.3. The lowest BCUT2D eigenvalue weighted by atomic mass is 10.1. The van der Waals surface area contributed by atoms with Crippen LogP contribution >= 0.6 is 11.6 Å². The molecule has 1 unspecified atom stereocenters. The van der Waals surface area contributed by atoms with E-state index in [1.807, 2.05) is 36.7 Å². The Labute approximate surface area is 122 Å². The van der Waals surface area contributed by atoms with Gasteiger partial charge in [-0.15, -0.1) is 0 Å². The molecular formula is C14H15ClN4O. The highest BCUT2D eigenvalue weighted by molar-refractivity contribution is 6.32. The molecule has 1 amide bonds. The summed E-state index contributed by atoms with van der Waals surface area (Å²) >= 11 is 6.37. The largest absolute Gasteiger partial charge is 0.324 e. The number of benzene rings is 1. The Morgan fingerprint density at radius 3 is 2.95 bits per heavy atom. The smallest absolute Gasteiger partial charge is 0.246 e. The molecule has 104 valence electrons. The fraction of sp³-hybridized carbons (Fsp3) is 0.286. The van der Waals surface area contributed by atoms with Crippen molar-refractivity contribution in [2.75, 3.05) is 11.9 Å². The standard InChI is InChI=1S/C14H15ClN4O/c1-3-16-13-9-6-10(15)12(7-11(9)18-14(13)20)19-5-4-17-8(19)2/h4-7,13,16H,3H2,1-2H3,(H,18,20). The van der Waals surface area contributed by atoms with Gasteiger partial charge in [0, 0.05) is 23.6 Å². The summed E-state index contributed by atoms with van der Waals surface area (Å²) in [4.78, 5) is 16.2. The highest BCUT2D eigenvalue weighted by Gasteiger charge is 2.31. The Kier molecular flexibility index (Phi) is 3.23. The van der Waals surface area contributed by atoms with Gasteiger partial charge in [-0.1, -0.05) is 18.5 Å². The molecule has 2 aromatic rings. The molecule has 0 saturated heterocycles. The Hall–Kier alpha value is -1.85. The van der Waals surface area contributed by atoms with Gasteiger partial charge in [-0.2, -0.15) is 0 Å². The molecule has 1 aliphatic heterocycles. The molecule has 0 radical (unpaired) electrons. The first kappa shape index (κ1) is 13.1. The van der Waals surface area contributed by atoms with Gasteiger partial charge in [-0.05, 0) is 25.6 Å². The minimum atomic E-state index is -0.328. The number of rotatable bonds is 3. The molecule has 2 heterocycles. The van der Waals surface area contributed by atoms with Crippen LogP contribution in [-0.2, 0) is 4.79 Å². The number of hydrogen-bond donors (Lipinski definition) is 2. The van der Waals surface area contributed by atoms with Crippen LogP contribution in [0.1, 0.15) is 24.4 Å². The Morgan fingerprint density at radius 2 is 2.30 bits per heavy atom. The number of nitrogens with zero attached hydrogens (tertiary/aromatic N) is 2. The quantitative estimate of drug-likeness (QED) is 0.913. The van der Waals surface area contributed by atoms with Crippen molar-refractivity contribution < 1.29 is 4.79 Å². The molecule has 1 atom stereocenters. The van der Waals surface area contributed by atoms with Crippen LogP contribution in [0.15, 0.2) is 24.5 Å². The summed E-state index contributed by atoms with van der Waals surface area (Å²) in [6.07, 6.45) is 3.57. The predicted octanol–water partition coefficient (Wildman–Crippen LogP) is 2.44. The van der Waals surface area contributed by atoms with Crippen molar-refractivity contribution in [3.05, 3.63) is 40.9 Å². The number of fused-ring (bicyclic) bond motifs is 1. The van der Waals surface area contributed by atoms with Crippen molar-refractivity contribution in [1.82, 2.24) is 14.9 Å². The molecule has 3 rings (SSSR count). The van der Waals surface area contributed by atoms with E-state index in [-0.39, 0.29) is 11.9 Å². The zero-order chi connectivity index (χ0) is 14.3. The number of halogens is 1. The zero-order valence-corrected chi connectivity index (χ0v) is 12.0. The second-order valence-corrected chi connectivity index (χ2v) is 5.12. The van der Waals surface area contributed by atoms with Gasteiger partial charge in [-0.3, -0.25) is 4.79 Å². The van der Waals surface area contributed by atoms with Gasteiger partial charge in [0.1, 0.15) is 11.9 Å². The lowest BCUT2D eigenvalue weighted by Crippen LogP contribution is -2.27. The first-order valence-corrected chi connectivity index (χ1v) is 6.87. The summed E-state index contributed by atoms with van der Waals surface area (Å²) in [6, 6.07) is 3.41. The van der Waals surface area contributed by atoms with E-state index in [2.05, 4.69) is 15.6 Å². The molecule has 1 aromatic carbocycles. The van der Waals surface area contributed by atoms with E-state index < -0.39 is 0 Å². The minimum absolute atomic E-state index is 0.0441. The maximum Gasteiger partial charge on any atom is 0.246 e. The molecule has 20 heavy (non-hydrogen) atoms. The van der Waals surface area contributed by atoms with E-state index in [4.69, 9.17) is 11.6 Å². The summed E-state index contributed by atoms with van der Waals surface area (Å²) < 4.78 is 1.90. The van der Waals surface area contributed by atoms with Crippen LogP contribution in [0.5, 0.6) is 0 Å². The third-order valence-corrected chi connectivity index (χ3v) is 3.75. The number of nitrogens with one attached hydrogen (secondary N) is 2. The lowest BCUT2D eigenvalue weighted by molar-refractivity contribution is -0.117. The molecular weight excluding hydrogens is 276 g/mol. The van der Waals surface area contributed by atoms with Gasteiger partial charge in [-0.25, -0.2) is 4.98 Å². The van der Waals surface area contributed by atoms with E-state index in [0.717, 1.165) is 29.3 Å².